The maximum absolute atomic E-state index is 12.7. The van der Waals surface area contributed by atoms with E-state index in [-0.39, 0.29) is 10.9 Å². The van der Waals surface area contributed by atoms with Gasteiger partial charge >= 0.3 is 6.01 Å². The second-order valence-corrected chi connectivity index (χ2v) is 9.35. The number of aryl methyl sites for hydroxylation is 1. The normalized spacial score (nSPS) is 11.3. The molecule has 10 heteroatoms. The van der Waals surface area contributed by atoms with Crippen LogP contribution >= 0.6 is 0 Å². The molecule has 0 atom stereocenters. The number of anilines is 1. The average molecular weight is 495 g/mol. The molecule has 0 spiro atoms. The molecule has 1 aromatic heterocycles. The van der Waals surface area contributed by atoms with E-state index in [9.17, 15) is 8.42 Å². The predicted octanol–water partition coefficient (Wildman–Crippen LogP) is 4.08. The molecule has 3 aromatic carbocycles. The highest BCUT2D eigenvalue weighted by Gasteiger charge is 2.17. The zero-order valence-corrected chi connectivity index (χ0v) is 20.5. The van der Waals surface area contributed by atoms with E-state index in [1.54, 1.807) is 67.4 Å². The number of hydrogen-bond donors (Lipinski definition) is 1. The van der Waals surface area contributed by atoms with Crippen LogP contribution < -0.4 is 14.2 Å². The molecule has 0 fully saturated rings. The van der Waals surface area contributed by atoms with Crippen LogP contribution in [0.1, 0.15) is 5.56 Å². The van der Waals surface area contributed by atoms with Crippen molar-refractivity contribution < 1.29 is 22.6 Å². The molecule has 0 bridgehead atoms. The zero-order chi connectivity index (χ0) is 24.8. The third-order valence-corrected chi connectivity index (χ3v) is 6.55. The quantitative estimate of drug-likeness (QED) is 0.331. The number of nitrogens with one attached hydrogen (secondary N) is 1. The highest BCUT2D eigenvalue weighted by molar-refractivity contribution is 7.92. The molecule has 0 radical (unpaired) electrons. The molecule has 1 heterocycles. The van der Waals surface area contributed by atoms with E-state index >= 15 is 0 Å². The molecule has 0 amide bonds. The lowest BCUT2D eigenvalue weighted by molar-refractivity contribution is 0.141. The Morgan fingerprint density at radius 2 is 1.57 bits per heavy atom. The topological polar surface area (TPSA) is 105 Å². The van der Waals surface area contributed by atoms with Crippen molar-refractivity contribution in [1.82, 2.24) is 14.8 Å². The number of methoxy groups -OCH3 is 2. The van der Waals surface area contributed by atoms with Gasteiger partial charge in [-0.05, 0) is 67.6 Å². The van der Waals surface area contributed by atoms with Gasteiger partial charge < -0.3 is 14.2 Å². The van der Waals surface area contributed by atoms with Gasteiger partial charge in [0.15, 0.2) is 5.82 Å². The number of benzene rings is 3. The molecule has 35 heavy (non-hydrogen) atoms. The van der Waals surface area contributed by atoms with Gasteiger partial charge in [0, 0.05) is 18.4 Å². The summed E-state index contributed by atoms with van der Waals surface area (Å²) in [6.07, 6.45) is 0. The van der Waals surface area contributed by atoms with E-state index in [0.717, 1.165) is 16.9 Å². The summed E-state index contributed by atoms with van der Waals surface area (Å²) in [6.45, 7) is 2.62. The van der Waals surface area contributed by atoms with Gasteiger partial charge in [0.1, 0.15) is 12.4 Å². The highest BCUT2D eigenvalue weighted by Crippen LogP contribution is 2.26. The molecule has 0 saturated heterocycles. The molecular weight excluding hydrogens is 468 g/mol. The Balaban J connectivity index is 1.62. The maximum Gasteiger partial charge on any atom is 0.336 e. The average Bonchev–Trinajstić information content (AvgIpc) is 3.29. The standard InChI is InChI=1S/C25H26N4O5S/c1-18-4-14-23(15-5-18)35(30,31)28-20-8-10-21(11-9-20)29-24(19-6-12-22(33-3)13-7-19)26-25(27-29)34-17-16-32-2/h4-15,28H,16-17H2,1-3H3. The van der Waals surface area contributed by atoms with Crippen LogP contribution in [0.25, 0.3) is 17.1 Å². The number of aromatic nitrogens is 3. The van der Waals surface area contributed by atoms with E-state index in [4.69, 9.17) is 14.2 Å². The molecule has 0 unspecified atom stereocenters. The fourth-order valence-corrected chi connectivity index (χ4v) is 4.34. The van der Waals surface area contributed by atoms with Crippen molar-refractivity contribution in [2.45, 2.75) is 11.8 Å². The molecule has 0 aliphatic carbocycles. The SMILES string of the molecule is COCCOc1nc(-c2ccc(OC)cc2)n(-c2ccc(NS(=O)(=O)c3ccc(C)cc3)cc2)n1. The summed E-state index contributed by atoms with van der Waals surface area (Å²) in [7, 11) is -0.507. The first-order valence-corrected chi connectivity index (χ1v) is 12.3. The predicted molar refractivity (Wildman–Crippen MR) is 133 cm³/mol. The fourth-order valence-electron chi connectivity index (χ4n) is 3.28. The van der Waals surface area contributed by atoms with Crippen LogP contribution in [0.4, 0.5) is 5.69 Å². The second kappa shape index (κ2) is 10.6. The summed E-state index contributed by atoms with van der Waals surface area (Å²) in [5.74, 6) is 1.29. The molecule has 9 nitrogen and oxygen atoms in total. The van der Waals surface area contributed by atoms with Gasteiger partial charge in [-0.1, -0.05) is 17.7 Å². The van der Waals surface area contributed by atoms with Crippen molar-refractivity contribution in [2.24, 2.45) is 0 Å². The monoisotopic (exact) mass is 494 g/mol. The van der Waals surface area contributed by atoms with Crippen molar-refractivity contribution in [3.63, 3.8) is 0 Å². The molecule has 4 rings (SSSR count). The van der Waals surface area contributed by atoms with Crippen LogP contribution in [0, 0.1) is 6.92 Å². The first kappa shape index (κ1) is 24.2. The van der Waals surface area contributed by atoms with Crippen LogP contribution in [0.2, 0.25) is 0 Å². The Hall–Kier alpha value is -3.89. The number of nitrogens with zero attached hydrogens (tertiary/aromatic N) is 3. The Kier molecular flexibility index (Phi) is 7.33. The zero-order valence-electron chi connectivity index (χ0n) is 19.6. The van der Waals surface area contributed by atoms with Gasteiger partial charge in [-0.15, -0.1) is 5.10 Å². The summed E-state index contributed by atoms with van der Waals surface area (Å²) in [5.41, 5.74) is 2.91. The summed E-state index contributed by atoms with van der Waals surface area (Å²) in [5, 5.41) is 4.49. The minimum Gasteiger partial charge on any atom is -0.497 e. The van der Waals surface area contributed by atoms with Crippen molar-refractivity contribution in [3.05, 3.63) is 78.4 Å². The van der Waals surface area contributed by atoms with Gasteiger partial charge in [-0.25, -0.2) is 13.1 Å². The van der Waals surface area contributed by atoms with E-state index in [1.165, 1.54) is 0 Å². The summed E-state index contributed by atoms with van der Waals surface area (Å²) in [4.78, 5) is 4.73. The third-order valence-electron chi connectivity index (χ3n) is 5.15. The molecule has 0 aliphatic heterocycles. The summed E-state index contributed by atoms with van der Waals surface area (Å²) >= 11 is 0. The lowest BCUT2D eigenvalue weighted by Crippen LogP contribution is -2.13. The third kappa shape index (κ3) is 5.79. The smallest absolute Gasteiger partial charge is 0.336 e. The van der Waals surface area contributed by atoms with Crippen molar-refractivity contribution in [3.8, 4) is 28.8 Å². The van der Waals surface area contributed by atoms with Crippen molar-refractivity contribution >= 4 is 15.7 Å². The van der Waals surface area contributed by atoms with Crippen LogP contribution in [0.3, 0.4) is 0 Å². The molecule has 0 aliphatic rings. The number of rotatable bonds is 10. The van der Waals surface area contributed by atoms with Crippen LogP contribution in [0.15, 0.2) is 77.7 Å². The van der Waals surface area contributed by atoms with E-state index in [0.29, 0.717) is 30.4 Å². The largest absolute Gasteiger partial charge is 0.497 e. The minimum absolute atomic E-state index is 0.197. The van der Waals surface area contributed by atoms with Crippen molar-refractivity contribution in [1.29, 1.82) is 0 Å². The fraction of sp³-hybridized carbons (Fsp3) is 0.200. The van der Waals surface area contributed by atoms with Crippen LogP contribution in [-0.4, -0.2) is 50.6 Å². The van der Waals surface area contributed by atoms with Crippen LogP contribution in [0.5, 0.6) is 11.8 Å². The number of hydrogen-bond acceptors (Lipinski definition) is 7. The van der Waals surface area contributed by atoms with Crippen LogP contribution in [-0.2, 0) is 14.8 Å². The van der Waals surface area contributed by atoms with Crippen molar-refractivity contribution in [2.75, 3.05) is 32.2 Å². The molecule has 0 saturated carbocycles. The second-order valence-electron chi connectivity index (χ2n) is 7.66. The number of sulfonamides is 1. The highest BCUT2D eigenvalue weighted by atomic mass is 32.2. The van der Waals surface area contributed by atoms with E-state index in [1.807, 2.05) is 31.2 Å². The van der Waals surface area contributed by atoms with Gasteiger partial charge in [0.2, 0.25) is 0 Å². The summed E-state index contributed by atoms with van der Waals surface area (Å²) in [6, 6.07) is 21.2. The lowest BCUT2D eigenvalue weighted by atomic mass is 10.2. The van der Waals surface area contributed by atoms with E-state index in [2.05, 4.69) is 14.8 Å². The lowest BCUT2D eigenvalue weighted by Gasteiger charge is -2.10. The first-order chi connectivity index (χ1) is 16.9. The van der Waals surface area contributed by atoms with Gasteiger partial charge in [0.25, 0.3) is 10.0 Å². The first-order valence-electron chi connectivity index (χ1n) is 10.8. The maximum atomic E-state index is 12.7. The molecule has 1 N–H and O–H groups in total. The van der Waals surface area contributed by atoms with Gasteiger partial charge in [-0.3, -0.25) is 4.72 Å². The number of ether oxygens (including phenoxy) is 3. The summed E-state index contributed by atoms with van der Waals surface area (Å²) < 4.78 is 45.6. The minimum atomic E-state index is -3.70. The Morgan fingerprint density at radius 3 is 2.20 bits per heavy atom. The van der Waals surface area contributed by atoms with Gasteiger partial charge in [0.05, 0.1) is 24.3 Å². The molecular formula is C25H26N4O5S. The van der Waals surface area contributed by atoms with Gasteiger partial charge in [-0.2, -0.15) is 4.98 Å². The Morgan fingerprint density at radius 1 is 0.886 bits per heavy atom. The van der Waals surface area contributed by atoms with E-state index < -0.39 is 10.0 Å². The Labute approximate surface area is 204 Å². The Bertz CT molecular complexity index is 1370. The molecule has 4 aromatic rings. The molecule has 182 valence electrons.